The van der Waals surface area contributed by atoms with Gasteiger partial charge in [0.25, 0.3) is 0 Å². The zero-order valence-electron chi connectivity index (χ0n) is 20.4. The molecule has 2 aromatic carbocycles. The van der Waals surface area contributed by atoms with E-state index >= 15 is 0 Å². The number of esters is 1. The predicted molar refractivity (Wildman–Crippen MR) is 128 cm³/mol. The van der Waals surface area contributed by atoms with Gasteiger partial charge in [-0.2, -0.15) is 13.2 Å². The van der Waals surface area contributed by atoms with Crippen molar-refractivity contribution in [2.75, 3.05) is 19.7 Å². The first-order valence-corrected chi connectivity index (χ1v) is 11.9. The van der Waals surface area contributed by atoms with E-state index in [1.807, 2.05) is 52.0 Å². The summed E-state index contributed by atoms with van der Waals surface area (Å²) >= 11 is 0. The van der Waals surface area contributed by atoms with Gasteiger partial charge in [0.15, 0.2) is 0 Å². The second-order valence-corrected chi connectivity index (χ2v) is 9.97. The van der Waals surface area contributed by atoms with Crippen LogP contribution in [-0.2, 0) is 22.3 Å². The first-order valence-electron chi connectivity index (χ1n) is 11.9. The maximum Gasteiger partial charge on any atom is 0.416 e. The summed E-state index contributed by atoms with van der Waals surface area (Å²) in [6, 6.07) is 13.5. The highest BCUT2D eigenvalue weighted by Gasteiger charge is 2.38. The van der Waals surface area contributed by atoms with Crippen molar-refractivity contribution in [1.82, 2.24) is 10.2 Å². The number of alkyl halides is 3. The lowest BCUT2D eigenvalue weighted by Crippen LogP contribution is -2.55. The Balaban J connectivity index is 1.47. The van der Waals surface area contributed by atoms with E-state index in [0.717, 1.165) is 61.3 Å². The first kappa shape index (κ1) is 26.2. The number of halogens is 3. The fraction of sp³-hybridized carbons (Fsp3) is 0.519. The van der Waals surface area contributed by atoms with Gasteiger partial charge >= 0.3 is 12.1 Å². The van der Waals surface area contributed by atoms with E-state index in [-0.39, 0.29) is 5.97 Å². The molecule has 4 nitrogen and oxygen atoms in total. The number of ether oxygens (including phenoxy) is 1. The highest BCUT2D eigenvalue weighted by atomic mass is 19.4. The minimum absolute atomic E-state index is 0.166. The van der Waals surface area contributed by atoms with Gasteiger partial charge < -0.3 is 10.1 Å². The number of benzene rings is 2. The normalized spacial score (nSPS) is 16.1. The lowest BCUT2D eigenvalue weighted by atomic mass is 9.96. The second-order valence-electron chi connectivity index (χ2n) is 9.97. The largest absolute Gasteiger partial charge is 0.464 e. The van der Waals surface area contributed by atoms with Gasteiger partial charge in [0.05, 0.1) is 12.2 Å². The van der Waals surface area contributed by atoms with Crippen molar-refractivity contribution >= 4 is 5.97 Å². The molecule has 0 aliphatic carbocycles. The Morgan fingerprint density at radius 2 is 1.53 bits per heavy atom. The molecule has 0 atom stereocenters. The molecular weight excluding hydrogens is 441 g/mol. The maximum absolute atomic E-state index is 12.8. The Morgan fingerprint density at radius 3 is 2.03 bits per heavy atom. The highest BCUT2D eigenvalue weighted by molar-refractivity contribution is 5.79. The molecule has 2 aromatic rings. The number of carbonyl (C=O) groups excluding carboxylic acids is 1. The highest BCUT2D eigenvalue weighted by Crippen LogP contribution is 2.31. The van der Waals surface area contributed by atoms with E-state index in [2.05, 4.69) is 10.2 Å². The van der Waals surface area contributed by atoms with Gasteiger partial charge in [-0.1, -0.05) is 50.2 Å². The minimum atomic E-state index is -4.32. The molecule has 0 radical (unpaired) electrons. The molecule has 0 saturated carbocycles. The summed E-state index contributed by atoms with van der Waals surface area (Å²) in [5, 5.41) is 3.59. The number of carbonyl (C=O) groups is 1. The monoisotopic (exact) mass is 476 g/mol. The standard InChI is InChI=1S/C27H35F3N2O2/c1-19(2)18-34-25(33)26(3,4)32-15-13-24(14-16-32)31-17-20-5-7-21(8-6-20)22-9-11-23(12-10-22)27(28,29)30/h5-12,19,24,31H,13-18H2,1-4H3. The smallest absolute Gasteiger partial charge is 0.416 e. The third kappa shape index (κ3) is 6.83. The van der Waals surface area contributed by atoms with Gasteiger partial charge in [-0.3, -0.25) is 9.69 Å². The fourth-order valence-corrected chi connectivity index (χ4v) is 4.12. The summed E-state index contributed by atoms with van der Waals surface area (Å²) in [7, 11) is 0. The van der Waals surface area contributed by atoms with Crippen molar-refractivity contribution in [2.45, 2.75) is 64.8 Å². The van der Waals surface area contributed by atoms with Crippen LogP contribution >= 0.6 is 0 Å². The number of hydrogen-bond acceptors (Lipinski definition) is 4. The summed E-state index contributed by atoms with van der Waals surface area (Å²) in [6.07, 6.45) is -2.42. The molecule has 0 aromatic heterocycles. The van der Waals surface area contributed by atoms with Crippen LogP contribution in [0.4, 0.5) is 13.2 Å². The predicted octanol–water partition coefficient (Wildman–Crippen LogP) is 5.90. The van der Waals surface area contributed by atoms with Gasteiger partial charge in [0, 0.05) is 25.7 Å². The molecule has 1 fully saturated rings. The van der Waals surface area contributed by atoms with Crippen LogP contribution in [0.15, 0.2) is 48.5 Å². The quantitative estimate of drug-likeness (QED) is 0.482. The van der Waals surface area contributed by atoms with Gasteiger partial charge in [-0.05, 0) is 61.4 Å². The molecule has 1 saturated heterocycles. The van der Waals surface area contributed by atoms with E-state index in [1.165, 1.54) is 12.1 Å². The summed E-state index contributed by atoms with van der Waals surface area (Å²) in [4.78, 5) is 14.7. The first-order chi connectivity index (χ1) is 16.0. The Kier molecular flexibility index (Phi) is 8.42. The average Bonchev–Trinajstić information content (AvgIpc) is 2.81. The number of piperidine rings is 1. The zero-order valence-corrected chi connectivity index (χ0v) is 20.4. The number of rotatable bonds is 8. The van der Waals surface area contributed by atoms with Crippen molar-refractivity contribution in [3.8, 4) is 11.1 Å². The number of nitrogens with zero attached hydrogens (tertiary/aromatic N) is 1. The lowest BCUT2D eigenvalue weighted by Gasteiger charge is -2.41. The molecule has 186 valence electrons. The number of hydrogen-bond donors (Lipinski definition) is 1. The number of likely N-dealkylation sites (tertiary alicyclic amines) is 1. The van der Waals surface area contributed by atoms with Crippen LogP contribution in [0.25, 0.3) is 11.1 Å². The number of nitrogens with one attached hydrogen (secondary N) is 1. The molecule has 34 heavy (non-hydrogen) atoms. The van der Waals surface area contributed by atoms with Crippen LogP contribution in [0.5, 0.6) is 0 Å². The van der Waals surface area contributed by atoms with E-state index in [0.29, 0.717) is 18.6 Å². The molecule has 1 aliphatic rings. The molecule has 7 heteroatoms. The third-order valence-electron chi connectivity index (χ3n) is 6.43. The van der Waals surface area contributed by atoms with Gasteiger partial charge in [-0.15, -0.1) is 0 Å². The molecule has 0 spiro atoms. The average molecular weight is 477 g/mol. The maximum atomic E-state index is 12.8. The summed E-state index contributed by atoms with van der Waals surface area (Å²) in [5.41, 5.74) is 1.50. The zero-order chi connectivity index (χ0) is 24.9. The second kappa shape index (κ2) is 10.9. The van der Waals surface area contributed by atoms with E-state index in [9.17, 15) is 18.0 Å². The molecule has 1 heterocycles. The summed E-state index contributed by atoms with van der Waals surface area (Å²) in [6.45, 7) is 10.7. The van der Waals surface area contributed by atoms with Gasteiger partial charge in [-0.25, -0.2) is 0 Å². The van der Waals surface area contributed by atoms with Crippen LogP contribution < -0.4 is 5.32 Å². The van der Waals surface area contributed by atoms with Crippen LogP contribution in [0.1, 0.15) is 51.7 Å². The van der Waals surface area contributed by atoms with Crippen LogP contribution in [-0.4, -0.2) is 42.1 Å². The fourth-order valence-electron chi connectivity index (χ4n) is 4.12. The van der Waals surface area contributed by atoms with Crippen LogP contribution in [0, 0.1) is 5.92 Å². The third-order valence-corrected chi connectivity index (χ3v) is 6.43. The molecule has 1 aliphatic heterocycles. The SMILES string of the molecule is CC(C)COC(=O)C(C)(C)N1CCC(NCc2ccc(-c3ccc(C(F)(F)F)cc3)cc2)CC1. The van der Waals surface area contributed by atoms with Gasteiger partial charge in [0.2, 0.25) is 0 Å². The van der Waals surface area contributed by atoms with E-state index in [1.54, 1.807) is 0 Å². The van der Waals surface area contributed by atoms with Crippen molar-refractivity contribution in [2.24, 2.45) is 5.92 Å². The van der Waals surface area contributed by atoms with Crippen molar-refractivity contribution in [3.63, 3.8) is 0 Å². The van der Waals surface area contributed by atoms with Crippen LogP contribution in [0.2, 0.25) is 0 Å². The molecule has 1 N–H and O–H groups in total. The minimum Gasteiger partial charge on any atom is -0.464 e. The van der Waals surface area contributed by atoms with Crippen molar-refractivity contribution in [1.29, 1.82) is 0 Å². The van der Waals surface area contributed by atoms with E-state index in [4.69, 9.17) is 4.74 Å². The van der Waals surface area contributed by atoms with Crippen molar-refractivity contribution < 1.29 is 22.7 Å². The lowest BCUT2D eigenvalue weighted by molar-refractivity contribution is -0.158. The molecule has 0 bridgehead atoms. The Bertz CT molecular complexity index is 930. The topological polar surface area (TPSA) is 41.6 Å². The van der Waals surface area contributed by atoms with Crippen LogP contribution in [0.3, 0.4) is 0 Å². The molecule has 3 rings (SSSR count). The van der Waals surface area contributed by atoms with Gasteiger partial charge in [0.1, 0.15) is 5.54 Å². The molecule has 0 unspecified atom stereocenters. The summed E-state index contributed by atoms with van der Waals surface area (Å²) < 4.78 is 43.7. The summed E-state index contributed by atoms with van der Waals surface area (Å²) in [5.74, 6) is 0.152. The Morgan fingerprint density at radius 1 is 1.00 bits per heavy atom. The van der Waals surface area contributed by atoms with E-state index < -0.39 is 17.3 Å². The molecule has 0 amide bonds. The van der Waals surface area contributed by atoms with Crippen molar-refractivity contribution in [3.05, 3.63) is 59.7 Å². The Labute approximate surface area is 200 Å². The molecular formula is C27H35F3N2O2. The Hall–Kier alpha value is -2.38.